The monoisotopic (exact) mass is 248 g/mol. The average molecular weight is 248 g/mol. The van der Waals surface area contributed by atoms with Crippen LogP contribution in [-0.2, 0) is 0 Å². The summed E-state index contributed by atoms with van der Waals surface area (Å²) in [5, 5.41) is 13.0. The topological polar surface area (TPSA) is 35.5 Å². The smallest absolute Gasteiger partial charge is 0.0647 e. The van der Waals surface area contributed by atoms with Crippen molar-refractivity contribution in [2.45, 2.75) is 26.8 Å². The van der Waals surface area contributed by atoms with E-state index in [9.17, 15) is 5.11 Å². The zero-order valence-corrected chi connectivity index (χ0v) is 11.6. The van der Waals surface area contributed by atoms with Crippen molar-refractivity contribution in [3.05, 3.63) is 29.3 Å². The maximum Gasteiger partial charge on any atom is 0.0647 e. The Labute approximate surface area is 110 Å². The van der Waals surface area contributed by atoms with Crippen molar-refractivity contribution in [2.75, 3.05) is 31.1 Å². The fourth-order valence-corrected chi connectivity index (χ4v) is 2.64. The lowest BCUT2D eigenvalue weighted by Gasteiger charge is -2.33. The lowest BCUT2D eigenvalue weighted by atomic mass is 10.1. The second kappa shape index (κ2) is 5.72. The largest absolute Gasteiger partial charge is 0.394 e. The molecule has 3 nitrogen and oxygen atoms in total. The van der Waals surface area contributed by atoms with Gasteiger partial charge in [-0.25, -0.2) is 0 Å². The second-order valence-electron chi connectivity index (χ2n) is 5.54. The molecule has 1 aromatic rings. The van der Waals surface area contributed by atoms with Crippen molar-refractivity contribution in [2.24, 2.45) is 5.92 Å². The van der Waals surface area contributed by atoms with Crippen molar-refractivity contribution in [1.29, 1.82) is 0 Å². The fraction of sp³-hybridized carbons (Fsp3) is 0.600. The van der Waals surface area contributed by atoms with Crippen LogP contribution in [0.15, 0.2) is 18.2 Å². The van der Waals surface area contributed by atoms with Crippen LogP contribution >= 0.6 is 0 Å². The number of hydrogen-bond acceptors (Lipinski definition) is 3. The molecule has 2 unspecified atom stereocenters. The summed E-state index contributed by atoms with van der Waals surface area (Å²) in [7, 11) is 0. The zero-order chi connectivity index (χ0) is 13.1. The van der Waals surface area contributed by atoms with Gasteiger partial charge in [0.1, 0.15) is 0 Å². The molecule has 1 aliphatic heterocycles. The van der Waals surface area contributed by atoms with Crippen LogP contribution in [-0.4, -0.2) is 37.4 Å². The molecule has 1 fully saturated rings. The molecule has 100 valence electrons. The van der Waals surface area contributed by atoms with E-state index in [0.717, 1.165) is 19.6 Å². The third-order valence-electron chi connectivity index (χ3n) is 3.71. The van der Waals surface area contributed by atoms with Crippen molar-refractivity contribution in [1.82, 2.24) is 5.32 Å². The van der Waals surface area contributed by atoms with E-state index in [1.807, 2.05) is 0 Å². The molecule has 0 aromatic heterocycles. The number of aliphatic hydroxyl groups excluding tert-OH is 1. The van der Waals surface area contributed by atoms with Crippen LogP contribution in [0.1, 0.15) is 18.1 Å². The van der Waals surface area contributed by atoms with Crippen LogP contribution in [0, 0.1) is 19.8 Å². The van der Waals surface area contributed by atoms with E-state index in [1.54, 1.807) is 0 Å². The fourth-order valence-electron chi connectivity index (χ4n) is 2.64. The lowest BCUT2D eigenvalue weighted by molar-refractivity contribution is 0.259. The second-order valence-corrected chi connectivity index (χ2v) is 5.54. The van der Waals surface area contributed by atoms with E-state index in [1.165, 1.54) is 16.8 Å². The predicted molar refractivity (Wildman–Crippen MR) is 76.2 cm³/mol. The molecule has 2 atom stereocenters. The highest BCUT2D eigenvalue weighted by Gasteiger charge is 2.24. The van der Waals surface area contributed by atoms with Gasteiger partial charge in [0.05, 0.1) is 12.6 Å². The molecule has 1 saturated heterocycles. The molecule has 0 amide bonds. The molecule has 0 bridgehead atoms. The number of benzene rings is 1. The van der Waals surface area contributed by atoms with Crippen LogP contribution in [0.25, 0.3) is 0 Å². The summed E-state index contributed by atoms with van der Waals surface area (Å²) in [5.41, 5.74) is 3.83. The average Bonchev–Trinajstić information content (AvgIpc) is 2.53. The molecule has 2 N–H and O–H groups in total. The summed E-state index contributed by atoms with van der Waals surface area (Å²) in [4.78, 5) is 2.37. The van der Waals surface area contributed by atoms with E-state index in [0.29, 0.717) is 5.92 Å². The van der Waals surface area contributed by atoms with Crippen molar-refractivity contribution in [3.63, 3.8) is 0 Å². The van der Waals surface area contributed by atoms with Crippen LogP contribution < -0.4 is 10.2 Å². The van der Waals surface area contributed by atoms with E-state index in [4.69, 9.17) is 0 Å². The number of anilines is 1. The summed E-state index contributed by atoms with van der Waals surface area (Å²) in [6.07, 6.45) is 0. The Kier molecular flexibility index (Phi) is 4.25. The highest BCUT2D eigenvalue weighted by atomic mass is 16.3. The minimum Gasteiger partial charge on any atom is -0.394 e. The van der Waals surface area contributed by atoms with Gasteiger partial charge in [0.2, 0.25) is 0 Å². The van der Waals surface area contributed by atoms with Crippen molar-refractivity contribution in [3.8, 4) is 0 Å². The van der Waals surface area contributed by atoms with Gasteiger partial charge in [-0.2, -0.15) is 0 Å². The third kappa shape index (κ3) is 2.85. The van der Waals surface area contributed by atoms with Gasteiger partial charge in [-0.1, -0.05) is 19.1 Å². The normalized spacial score (nSPS) is 25.0. The van der Waals surface area contributed by atoms with Crippen LogP contribution in [0.3, 0.4) is 0 Å². The molecule has 0 spiro atoms. The quantitative estimate of drug-likeness (QED) is 0.836. The molecule has 1 aromatic carbocycles. The van der Waals surface area contributed by atoms with Gasteiger partial charge in [0, 0.05) is 18.8 Å². The minimum atomic E-state index is 0.176. The first-order valence-corrected chi connectivity index (χ1v) is 6.77. The minimum absolute atomic E-state index is 0.176. The Morgan fingerprint density at radius 3 is 2.83 bits per heavy atom. The number of hydrogen-bond donors (Lipinski definition) is 2. The Hall–Kier alpha value is -1.06. The number of aryl methyl sites for hydroxylation is 2. The molecule has 0 aliphatic carbocycles. The first kappa shape index (κ1) is 13.4. The Balaban J connectivity index is 2.34. The SMILES string of the molecule is Cc1ccc(C)c(N2CC(C)CNCC2CO)c1. The Morgan fingerprint density at radius 2 is 2.11 bits per heavy atom. The Morgan fingerprint density at radius 1 is 1.33 bits per heavy atom. The molecule has 2 rings (SSSR count). The van der Waals surface area contributed by atoms with Gasteiger partial charge >= 0.3 is 0 Å². The van der Waals surface area contributed by atoms with Gasteiger partial charge in [-0.15, -0.1) is 0 Å². The van der Waals surface area contributed by atoms with E-state index >= 15 is 0 Å². The molecule has 1 heterocycles. The number of nitrogens with one attached hydrogen (secondary N) is 1. The maximum absolute atomic E-state index is 9.61. The molecular weight excluding hydrogens is 224 g/mol. The van der Waals surface area contributed by atoms with Gasteiger partial charge in [0.15, 0.2) is 0 Å². The standard InChI is InChI=1S/C15H24N2O/c1-11-4-5-13(3)15(6-11)17-9-12(2)7-16-8-14(17)10-18/h4-6,12,14,16,18H,7-10H2,1-3H3. The van der Waals surface area contributed by atoms with Crippen molar-refractivity contribution >= 4 is 5.69 Å². The molecule has 3 heteroatoms. The summed E-state index contributed by atoms with van der Waals surface area (Å²) in [6, 6.07) is 6.72. The first-order chi connectivity index (χ1) is 8.61. The summed E-state index contributed by atoms with van der Waals surface area (Å²) < 4.78 is 0. The number of rotatable bonds is 2. The highest BCUT2D eigenvalue weighted by molar-refractivity contribution is 5.56. The van der Waals surface area contributed by atoms with Crippen LogP contribution in [0.5, 0.6) is 0 Å². The van der Waals surface area contributed by atoms with E-state index < -0.39 is 0 Å². The van der Waals surface area contributed by atoms with E-state index in [2.05, 4.69) is 49.2 Å². The van der Waals surface area contributed by atoms with Gasteiger partial charge < -0.3 is 15.3 Å². The highest BCUT2D eigenvalue weighted by Crippen LogP contribution is 2.25. The van der Waals surface area contributed by atoms with Crippen LogP contribution in [0.4, 0.5) is 5.69 Å². The molecule has 0 radical (unpaired) electrons. The maximum atomic E-state index is 9.61. The molecule has 1 aliphatic rings. The third-order valence-corrected chi connectivity index (χ3v) is 3.71. The van der Waals surface area contributed by atoms with Gasteiger partial charge in [-0.3, -0.25) is 0 Å². The van der Waals surface area contributed by atoms with E-state index in [-0.39, 0.29) is 12.6 Å². The molecule has 0 saturated carbocycles. The van der Waals surface area contributed by atoms with Gasteiger partial charge in [-0.05, 0) is 43.5 Å². The Bertz CT molecular complexity index is 405. The van der Waals surface area contributed by atoms with Gasteiger partial charge in [0.25, 0.3) is 0 Å². The summed E-state index contributed by atoms with van der Waals surface area (Å²) >= 11 is 0. The van der Waals surface area contributed by atoms with Crippen molar-refractivity contribution < 1.29 is 5.11 Å². The predicted octanol–water partition coefficient (Wildman–Crippen LogP) is 1.71. The molecule has 18 heavy (non-hydrogen) atoms. The summed E-state index contributed by atoms with van der Waals surface area (Å²) in [6.45, 7) is 9.61. The lowest BCUT2D eigenvalue weighted by Crippen LogP contribution is -2.43. The number of aliphatic hydroxyl groups is 1. The number of nitrogens with zero attached hydrogens (tertiary/aromatic N) is 1. The summed E-state index contributed by atoms with van der Waals surface area (Å²) in [5.74, 6) is 0.599. The van der Waals surface area contributed by atoms with Crippen LogP contribution in [0.2, 0.25) is 0 Å². The molecular formula is C15H24N2O. The first-order valence-electron chi connectivity index (χ1n) is 6.77. The zero-order valence-electron chi connectivity index (χ0n) is 11.6.